The van der Waals surface area contributed by atoms with Crippen molar-refractivity contribution in [1.29, 1.82) is 0 Å². The Morgan fingerprint density at radius 3 is 3.07 bits per heavy atom. The van der Waals surface area contributed by atoms with Crippen molar-refractivity contribution in [2.45, 2.75) is 18.9 Å². The Bertz CT molecular complexity index is 374. The molecule has 0 bridgehead atoms. The number of esters is 1. The highest BCUT2D eigenvalue weighted by atomic mass is 16.5. The SMILES string of the molecule is COC(=O)c1ccc2c(c1)CC[C@H]2N. The van der Waals surface area contributed by atoms with Gasteiger partial charge in [0.1, 0.15) is 0 Å². The van der Waals surface area contributed by atoms with E-state index < -0.39 is 0 Å². The van der Waals surface area contributed by atoms with Gasteiger partial charge in [-0.3, -0.25) is 0 Å². The summed E-state index contributed by atoms with van der Waals surface area (Å²) in [6, 6.07) is 5.72. The van der Waals surface area contributed by atoms with Crippen molar-refractivity contribution in [2.75, 3.05) is 7.11 Å². The van der Waals surface area contributed by atoms with Gasteiger partial charge in [0.05, 0.1) is 12.7 Å². The number of ether oxygens (including phenoxy) is 1. The van der Waals surface area contributed by atoms with Gasteiger partial charge in [0.25, 0.3) is 0 Å². The summed E-state index contributed by atoms with van der Waals surface area (Å²) in [5.74, 6) is -0.284. The lowest BCUT2D eigenvalue weighted by atomic mass is 10.1. The van der Waals surface area contributed by atoms with Gasteiger partial charge in [0, 0.05) is 6.04 Å². The van der Waals surface area contributed by atoms with E-state index in [9.17, 15) is 4.79 Å². The van der Waals surface area contributed by atoms with Crippen LogP contribution in [0.3, 0.4) is 0 Å². The molecule has 74 valence electrons. The van der Waals surface area contributed by atoms with Crippen LogP contribution in [0.5, 0.6) is 0 Å². The van der Waals surface area contributed by atoms with E-state index in [0.717, 1.165) is 18.4 Å². The first-order valence-corrected chi connectivity index (χ1v) is 4.69. The second-order valence-electron chi connectivity index (χ2n) is 3.55. The van der Waals surface area contributed by atoms with Crippen molar-refractivity contribution in [3.63, 3.8) is 0 Å². The van der Waals surface area contributed by atoms with Crippen molar-refractivity contribution in [3.05, 3.63) is 34.9 Å². The number of benzene rings is 1. The maximum atomic E-state index is 11.2. The van der Waals surface area contributed by atoms with Crippen molar-refractivity contribution >= 4 is 5.97 Å². The number of carbonyl (C=O) groups is 1. The van der Waals surface area contributed by atoms with Gasteiger partial charge in [-0.25, -0.2) is 4.79 Å². The quantitative estimate of drug-likeness (QED) is 0.683. The van der Waals surface area contributed by atoms with Gasteiger partial charge in [-0.05, 0) is 36.1 Å². The summed E-state index contributed by atoms with van der Waals surface area (Å²) in [6.07, 6.45) is 1.93. The lowest BCUT2D eigenvalue weighted by Gasteiger charge is -2.05. The van der Waals surface area contributed by atoms with Crippen molar-refractivity contribution in [2.24, 2.45) is 5.73 Å². The van der Waals surface area contributed by atoms with Crippen LogP contribution in [0.2, 0.25) is 0 Å². The molecule has 0 aliphatic heterocycles. The van der Waals surface area contributed by atoms with E-state index in [1.807, 2.05) is 12.1 Å². The molecule has 0 radical (unpaired) electrons. The smallest absolute Gasteiger partial charge is 0.337 e. The molecule has 0 saturated carbocycles. The van der Waals surface area contributed by atoms with Gasteiger partial charge in [-0.1, -0.05) is 6.07 Å². The molecular formula is C11H13NO2. The first kappa shape index (κ1) is 9.21. The zero-order valence-corrected chi connectivity index (χ0v) is 8.12. The molecule has 0 heterocycles. The molecule has 2 N–H and O–H groups in total. The van der Waals surface area contributed by atoms with Crippen LogP contribution in [0, 0.1) is 0 Å². The zero-order valence-electron chi connectivity index (χ0n) is 8.12. The van der Waals surface area contributed by atoms with Crippen LogP contribution in [-0.4, -0.2) is 13.1 Å². The molecule has 0 unspecified atom stereocenters. The van der Waals surface area contributed by atoms with E-state index in [0.29, 0.717) is 5.56 Å². The largest absolute Gasteiger partial charge is 0.465 e. The van der Waals surface area contributed by atoms with Crippen LogP contribution < -0.4 is 5.73 Å². The lowest BCUT2D eigenvalue weighted by molar-refractivity contribution is 0.0600. The number of rotatable bonds is 1. The highest BCUT2D eigenvalue weighted by Gasteiger charge is 2.20. The maximum Gasteiger partial charge on any atom is 0.337 e. The third-order valence-electron chi connectivity index (χ3n) is 2.69. The van der Waals surface area contributed by atoms with Crippen LogP contribution in [0.1, 0.15) is 33.9 Å². The number of hydrogen-bond donors (Lipinski definition) is 1. The van der Waals surface area contributed by atoms with Crippen molar-refractivity contribution < 1.29 is 9.53 Å². The second kappa shape index (κ2) is 3.42. The lowest BCUT2D eigenvalue weighted by Crippen LogP contribution is -2.06. The average Bonchev–Trinajstić information content (AvgIpc) is 2.59. The minimum absolute atomic E-state index is 0.136. The molecular weight excluding hydrogens is 178 g/mol. The third-order valence-corrected chi connectivity index (χ3v) is 2.69. The molecule has 2 rings (SSSR count). The second-order valence-corrected chi connectivity index (χ2v) is 3.55. The minimum atomic E-state index is -0.284. The monoisotopic (exact) mass is 191 g/mol. The highest BCUT2D eigenvalue weighted by Crippen LogP contribution is 2.29. The normalized spacial score (nSPS) is 19.1. The first-order chi connectivity index (χ1) is 6.72. The molecule has 1 aromatic carbocycles. The van der Waals surface area contributed by atoms with E-state index >= 15 is 0 Å². The molecule has 0 amide bonds. The Hall–Kier alpha value is -1.35. The topological polar surface area (TPSA) is 52.3 Å². The van der Waals surface area contributed by atoms with Crippen LogP contribution in [0.4, 0.5) is 0 Å². The Labute approximate surface area is 82.9 Å². The average molecular weight is 191 g/mol. The molecule has 0 aromatic heterocycles. The molecule has 1 aliphatic carbocycles. The third kappa shape index (κ3) is 1.40. The molecule has 3 heteroatoms. The summed E-state index contributed by atoms with van der Waals surface area (Å²) in [6.45, 7) is 0. The number of fused-ring (bicyclic) bond motifs is 1. The molecule has 1 aromatic rings. The summed E-state index contributed by atoms with van der Waals surface area (Å²) in [5.41, 5.74) is 8.85. The molecule has 1 atom stereocenters. The number of methoxy groups -OCH3 is 1. The first-order valence-electron chi connectivity index (χ1n) is 4.69. The van der Waals surface area contributed by atoms with E-state index in [1.165, 1.54) is 12.7 Å². The van der Waals surface area contributed by atoms with Gasteiger partial charge in [-0.15, -0.1) is 0 Å². The van der Waals surface area contributed by atoms with Crippen LogP contribution in [0.15, 0.2) is 18.2 Å². The van der Waals surface area contributed by atoms with Crippen molar-refractivity contribution in [1.82, 2.24) is 0 Å². The summed E-state index contributed by atoms with van der Waals surface area (Å²) in [5, 5.41) is 0. The molecule has 1 aliphatic rings. The number of nitrogens with two attached hydrogens (primary N) is 1. The van der Waals surface area contributed by atoms with Crippen LogP contribution in [0.25, 0.3) is 0 Å². The Balaban J connectivity index is 2.37. The van der Waals surface area contributed by atoms with E-state index in [4.69, 9.17) is 5.73 Å². The van der Waals surface area contributed by atoms with E-state index in [-0.39, 0.29) is 12.0 Å². The molecule has 14 heavy (non-hydrogen) atoms. The summed E-state index contributed by atoms with van der Waals surface area (Å²) in [7, 11) is 1.39. The molecule has 0 spiro atoms. The highest BCUT2D eigenvalue weighted by molar-refractivity contribution is 5.89. The minimum Gasteiger partial charge on any atom is -0.465 e. The molecule has 0 saturated heterocycles. The standard InChI is InChI=1S/C11H13NO2/c1-14-11(13)8-2-4-9-7(6-8)3-5-10(9)12/h2,4,6,10H,3,5,12H2,1H3/t10-/m1/s1. The fourth-order valence-electron chi connectivity index (χ4n) is 1.90. The summed E-state index contributed by atoms with van der Waals surface area (Å²) >= 11 is 0. The molecule has 0 fully saturated rings. The van der Waals surface area contributed by atoms with E-state index in [1.54, 1.807) is 6.07 Å². The zero-order chi connectivity index (χ0) is 10.1. The maximum absolute atomic E-state index is 11.2. The van der Waals surface area contributed by atoms with Crippen LogP contribution >= 0.6 is 0 Å². The predicted molar refractivity (Wildman–Crippen MR) is 53.0 cm³/mol. The van der Waals surface area contributed by atoms with Gasteiger partial charge >= 0.3 is 5.97 Å². The Morgan fingerprint density at radius 2 is 2.36 bits per heavy atom. The van der Waals surface area contributed by atoms with Gasteiger partial charge in [-0.2, -0.15) is 0 Å². The number of hydrogen-bond acceptors (Lipinski definition) is 3. The van der Waals surface area contributed by atoms with Crippen LogP contribution in [-0.2, 0) is 11.2 Å². The number of carbonyl (C=O) groups excluding carboxylic acids is 1. The predicted octanol–water partition coefficient (Wildman–Crippen LogP) is 1.42. The summed E-state index contributed by atoms with van der Waals surface area (Å²) in [4.78, 5) is 11.2. The van der Waals surface area contributed by atoms with Gasteiger partial charge < -0.3 is 10.5 Å². The van der Waals surface area contributed by atoms with Gasteiger partial charge in [0.2, 0.25) is 0 Å². The van der Waals surface area contributed by atoms with E-state index in [2.05, 4.69) is 4.74 Å². The fourth-order valence-corrected chi connectivity index (χ4v) is 1.90. The Morgan fingerprint density at radius 1 is 1.57 bits per heavy atom. The van der Waals surface area contributed by atoms with Crippen molar-refractivity contribution in [3.8, 4) is 0 Å². The van der Waals surface area contributed by atoms with Gasteiger partial charge in [0.15, 0.2) is 0 Å². The summed E-state index contributed by atoms with van der Waals surface area (Å²) < 4.78 is 4.65. The molecule has 3 nitrogen and oxygen atoms in total. The Kier molecular flexibility index (Phi) is 2.25. The number of aryl methyl sites for hydroxylation is 1. The fraction of sp³-hybridized carbons (Fsp3) is 0.364.